The van der Waals surface area contributed by atoms with Crippen LogP contribution in [0.1, 0.15) is 55.3 Å². The Morgan fingerprint density at radius 3 is 1.83 bits per heavy atom. The topological polar surface area (TPSA) is 182 Å². The van der Waals surface area contributed by atoms with E-state index in [9.17, 15) is 24.0 Å². The molecule has 42 heavy (non-hydrogen) atoms. The number of carboxylic acid groups (broad SMARTS) is 4. The highest BCUT2D eigenvalue weighted by Gasteiger charge is 2.30. The summed E-state index contributed by atoms with van der Waals surface area (Å²) in [6.45, 7) is 7.03. The van der Waals surface area contributed by atoms with Crippen molar-refractivity contribution in [3.63, 3.8) is 0 Å². The standard InChI is InChI=1S/C22H32N2O2.2C4H4O4/c25-22(18-6-7-18)19-8-10-21(11-9-19)26-16-4-3-12-23-14-15-24-13-2-1-5-20(24)17-23;2*5-3(6)1-2-4(7)8/h8-11,18,20H,1-7,12-17H2;2*1-2H,(H,5,6)(H,7,8)/b;2*2-1+. The van der Waals surface area contributed by atoms with Gasteiger partial charge in [-0.3, -0.25) is 9.69 Å². The summed E-state index contributed by atoms with van der Waals surface area (Å²) in [5.74, 6) is -3.56. The third-order valence-corrected chi connectivity index (χ3v) is 6.88. The van der Waals surface area contributed by atoms with E-state index in [0.717, 1.165) is 43.2 Å². The van der Waals surface area contributed by atoms with E-state index in [2.05, 4.69) is 9.80 Å². The molecule has 1 atom stereocenters. The molecule has 1 aromatic rings. The molecule has 4 N–H and O–H groups in total. The molecule has 4 rings (SSSR count). The molecule has 12 heteroatoms. The average molecular weight is 589 g/mol. The van der Waals surface area contributed by atoms with Gasteiger partial charge in [0.2, 0.25) is 0 Å². The highest BCUT2D eigenvalue weighted by atomic mass is 16.5. The lowest BCUT2D eigenvalue weighted by Gasteiger charge is -2.44. The smallest absolute Gasteiger partial charge is 0.328 e. The first-order chi connectivity index (χ1) is 20.0. The molecule has 2 saturated heterocycles. The Morgan fingerprint density at radius 1 is 0.738 bits per heavy atom. The van der Waals surface area contributed by atoms with Crippen molar-refractivity contribution in [1.82, 2.24) is 9.80 Å². The number of rotatable bonds is 12. The lowest BCUT2D eigenvalue weighted by atomic mass is 9.99. The van der Waals surface area contributed by atoms with Gasteiger partial charge in [0.15, 0.2) is 5.78 Å². The van der Waals surface area contributed by atoms with Gasteiger partial charge in [0.1, 0.15) is 5.75 Å². The summed E-state index contributed by atoms with van der Waals surface area (Å²) in [5.41, 5.74) is 0.835. The number of unbranched alkanes of at least 4 members (excludes halogenated alkanes) is 1. The number of carbonyl (C=O) groups excluding carboxylic acids is 1. The molecule has 1 unspecified atom stereocenters. The van der Waals surface area contributed by atoms with Gasteiger partial charge < -0.3 is 30.1 Å². The maximum Gasteiger partial charge on any atom is 0.328 e. The van der Waals surface area contributed by atoms with Crippen LogP contribution >= 0.6 is 0 Å². The molecule has 230 valence electrons. The summed E-state index contributed by atoms with van der Waals surface area (Å²) >= 11 is 0. The molecule has 0 bridgehead atoms. The minimum absolute atomic E-state index is 0.289. The Balaban J connectivity index is 0.000000319. The lowest BCUT2D eigenvalue weighted by Crippen LogP contribution is -2.54. The Morgan fingerprint density at radius 2 is 1.31 bits per heavy atom. The average Bonchev–Trinajstić information content (AvgIpc) is 3.81. The van der Waals surface area contributed by atoms with Crippen molar-refractivity contribution < 1.29 is 49.1 Å². The molecule has 3 aliphatic rings. The Labute approximate surface area is 244 Å². The molecule has 2 heterocycles. The van der Waals surface area contributed by atoms with Crippen LogP contribution in [0.3, 0.4) is 0 Å². The first kappa shape index (κ1) is 34.2. The fourth-order valence-corrected chi connectivity index (χ4v) is 4.63. The first-order valence-corrected chi connectivity index (χ1v) is 14.1. The normalized spacial score (nSPS) is 18.6. The van der Waals surface area contributed by atoms with Crippen LogP contribution in [0, 0.1) is 5.92 Å². The Hall–Kier alpha value is -4.03. The number of hydrogen-bond donors (Lipinski definition) is 4. The van der Waals surface area contributed by atoms with E-state index in [1.54, 1.807) is 0 Å². The van der Waals surface area contributed by atoms with E-state index in [0.29, 0.717) is 30.1 Å². The highest BCUT2D eigenvalue weighted by molar-refractivity contribution is 5.99. The van der Waals surface area contributed by atoms with Crippen molar-refractivity contribution in [2.45, 2.75) is 51.0 Å². The predicted molar refractivity (Wildman–Crippen MR) is 153 cm³/mol. The summed E-state index contributed by atoms with van der Waals surface area (Å²) in [6.07, 6.45) is 10.8. The number of nitrogens with zero attached hydrogens (tertiary/aromatic N) is 2. The number of ketones is 1. The summed E-state index contributed by atoms with van der Waals surface area (Å²) in [5, 5.41) is 31.2. The predicted octanol–water partition coefficient (Wildman–Crippen LogP) is 3.03. The fourth-order valence-electron chi connectivity index (χ4n) is 4.63. The number of carboxylic acids is 4. The van der Waals surface area contributed by atoms with Gasteiger partial charge in [-0.15, -0.1) is 0 Å². The quantitative estimate of drug-likeness (QED) is 0.159. The molecule has 0 amide bonds. The zero-order chi connectivity index (χ0) is 30.9. The lowest BCUT2D eigenvalue weighted by molar-refractivity contribution is -0.134. The van der Waals surface area contributed by atoms with Crippen molar-refractivity contribution in [2.24, 2.45) is 5.92 Å². The fraction of sp³-hybridized carbons (Fsp3) is 0.500. The molecule has 12 nitrogen and oxygen atoms in total. The molecule has 0 aromatic heterocycles. The van der Waals surface area contributed by atoms with Crippen LogP contribution < -0.4 is 4.74 Å². The van der Waals surface area contributed by atoms with E-state index < -0.39 is 23.9 Å². The first-order valence-electron chi connectivity index (χ1n) is 14.1. The summed E-state index contributed by atoms with van der Waals surface area (Å²) < 4.78 is 5.85. The van der Waals surface area contributed by atoms with Crippen LogP contribution in [-0.4, -0.2) is 105 Å². The van der Waals surface area contributed by atoms with Crippen LogP contribution in [0.15, 0.2) is 48.6 Å². The van der Waals surface area contributed by atoms with Gasteiger partial charge in [0.05, 0.1) is 6.61 Å². The number of Topliss-reactive ketones (excluding diaryl/α,β-unsaturated/α-hetero) is 1. The summed E-state index contributed by atoms with van der Waals surface area (Å²) in [6, 6.07) is 8.53. The molecule has 3 fully saturated rings. The van der Waals surface area contributed by atoms with Crippen LogP contribution in [0.5, 0.6) is 5.75 Å². The summed E-state index contributed by atoms with van der Waals surface area (Å²) in [7, 11) is 0. The second-order valence-corrected chi connectivity index (χ2v) is 10.2. The number of aliphatic carboxylic acids is 4. The van der Waals surface area contributed by atoms with Crippen molar-refractivity contribution in [3.05, 3.63) is 54.1 Å². The SMILES string of the molecule is O=C(O)/C=C/C(=O)O.O=C(O)/C=C/C(=O)O.O=C(c1ccc(OCCCCN2CCN3CCCCC3C2)cc1)C1CC1. The molecule has 0 radical (unpaired) electrons. The Bertz CT molecular complexity index is 1050. The van der Waals surface area contributed by atoms with Crippen LogP contribution in [-0.2, 0) is 19.2 Å². The third kappa shape index (κ3) is 14.6. The monoisotopic (exact) mass is 588 g/mol. The van der Waals surface area contributed by atoms with Gasteiger partial charge in [-0.2, -0.15) is 0 Å². The van der Waals surface area contributed by atoms with Gasteiger partial charge in [-0.1, -0.05) is 6.42 Å². The van der Waals surface area contributed by atoms with E-state index in [1.165, 1.54) is 58.4 Å². The third-order valence-electron chi connectivity index (χ3n) is 6.88. The largest absolute Gasteiger partial charge is 0.494 e. The van der Waals surface area contributed by atoms with Crippen LogP contribution in [0.4, 0.5) is 0 Å². The van der Waals surface area contributed by atoms with E-state index in [1.807, 2.05) is 24.3 Å². The Kier molecular flexibility index (Phi) is 15.0. The number of fused-ring (bicyclic) bond motifs is 1. The number of piperidine rings is 1. The molecular formula is C30H40N2O10. The summed E-state index contributed by atoms with van der Waals surface area (Å²) in [4.78, 5) is 55.6. The van der Waals surface area contributed by atoms with Gasteiger partial charge in [-0.25, -0.2) is 19.2 Å². The molecule has 2 aliphatic heterocycles. The van der Waals surface area contributed by atoms with Gasteiger partial charge in [-0.05, 0) is 75.9 Å². The van der Waals surface area contributed by atoms with Crippen molar-refractivity contribution in [2.75, 3.05) is 39.3 Å². The molecule has 1 aromatic carbocycles. The number of hydrogen-bond acceptors (Lipinski definition) is 8. The van der Waals surface area contributed by atoms with Crippen LogP contribution in [0.25, 0.3) is 0 Å². The van der Waals surface area contributed by atoms with E-state index >= 15 is 0 Å². The maximum atomic E-state index is 12.0. The van der Waals surface area contributed by atoms with E-state index in [4.69, 9.17) is 25.2 Å². The van der Waals surface area contributed by atoms with Crippen molar-refractivity contribution in [1.29, 1.82) is 0 Å². The van der Waals surface area contributed by atoms with Gasteiger partial charge in [0.25, 0.3) is 0 Å². The van der Waals surface area contributed by atoms with Crippen LogP contribution in [0.2, 0.25) is 0 Å². The zero-order valence-corrected chi connectivity index (χ0v) is 23.6. The number of piperazine rings is 1. The number of carbonyl (C=O) groups is 5. The minimum atomic E-state index is -1.26. The highest BCUT2D eigenvalue weighted by Crippen LogP contribution is 2.32. The minimum Gasteiger partial charge on any atom is -0.494 e. The molecule has 1 saturated carbocycles. The van der Waals surface area contributed by atoms with Crippen molar-refractivity contribution in [3.8, 4) is 5.75 Å². The van der Waals surface area contributed by atoms with Crippen molar-refractivity contribution >= 4 is 29.7 Å². The van der Waals surface area contributed by atoms with Gasteiger partial charge in [0, 0.05) is 61.5 Å². The maximum absolute atomic E-state index is 12.0. The second-order valence-electron chi connectivity index (χ2n) is 10.2. The molecule has 0 spiro atoms. The second kappa shape index (κ2) is 18.4. The molecular weight excluding hydrogens is 548 g/mol. The van der Waals surface area contributed by atoms with E-state index in [-0.39, 0.29) is 5.92 Å². The molecule has 1 aliphatic carbocycles. The van der Waals surface area contributed by atoms with Gasteiger partial charge >= 0.3 is 23.9 Å². The number of ether oxygens (including phenoxy) is 1. The zero-order valence-electron chi connectivity index (χ0n) is 23.6. The number of benzene rings is 1.